The van der Waals surface area contributed by atoms with Gasteiger partial charge in [-0.15, -0.1) is 13.2 Å². The van der Waals surface area contributed by atoms with E-state index in [1.165, 1.54) is 18.2 Å². The molecular weight excluding hydrogens is 425 g/mol. The number of carbonyl (C=O) groups excluding carboxylic acids is 1. The van der Waals surface area contributed by atoms with Crippen LogP contribution >= 0.6 is 0 Å². The lowest BCUT2D eigenvalue weighted by molar-refractivity contribution is -0.274. The van der Waals surface area contributed by atoms with Crippen LogP contribution in [0.1, 0.15) is 15.9 Å². The first-order chi connectivity index (χ1) is 14.6. The molecule has 0 aliphatic carbocycles. The van der Waals surface area contributed by atoms with Crippen molar-refractivity contribution in [3.8, 4) is 17.2 Å². The van der Waals surface area contributed by atoms with Crippen LogP contribution in [0.4, 0.5) is 27.8 Å². The number of anilines is 1. The number of amides is 1. The zero-order valence-corrected chi connectivity index (χ0v) is 15.5. The number of hydrogen-bond acceptors (Lipinski definition) is 5. The van der Waals surface area contributed by atoms with E-state index in [1.807, 2.05) is 0 Å². The summed E-state index contributed by atoms with van der Waals surface area (Å²) < 4.78 is 72.5. The fourth-order valence-electron chi connectivity index (χ4n) is 2.52. The van der Waals surface area contributed by atoms with Gasteiger partial charge in [0.15, 0.2) is 0 Å². The van der Waals surface area contributed by atoms with E-state index in [-0.39, 0.29) is 29.4 Å². The zero-order chi connectivity index (χ0) is 22.6. The van der Waals surface area contributed by atoms with Crippen LogP contribution in [0.2, 0.25) is 0 Å². The highest BCUT2D eigenvalue weighted by molar-refractivity contribution is 5.98. The number of carbonyl (C=O) groups is 1. The lowest BCUT2D eigenvalue weighted by atomic mass is 10.2. The van der Waals surface area contributed by atoms with Crippen LogP contribution < -0.4 is 20.5 Å². The van der Waals surface area contributed by atoms with Crippen molar-refractivity contribution in [3.05, 3.63) is 77.5 Å². The fourth-order valence-corrected chi connectivity index (χ4v) is 2.52. The molecule has 0 saturated heterocycles. The quantitative estimate of drug-likeness (QED) is 0.434. The number of nitrogens with one attached hydrogen (secondary N) is 1. The summed E-state index contributed by atoms with van der Waals surface area (Å²) in [6, 6.07) is 10.7. The summed E-state index contributed by atoms with van der Waals surface area (Å²) in [5.41, 5.74) is 6.18. The molecule has 0 aliphatic rings. The zero-order valence-electron chi connectivity index (χ0n) is 15.5. The van der Waals surface area contributed by atoms with Crippen LogP contribution in [-0.4, -0.2) is 17.3 Å². The van der Waals surface area contributed by atoms with E-state index in [0.29, 0.717) is 11.6 Å². The predicted octanol–water partition coefficient (Wildman–Crippen LogP) is 4.56. The Kier molecular flexibility index (Phi) is 6.23. The minimum absolute atomic E-state index is 0.0179. The van der Waals surface area contributed by atoms with E-state index in [2.05, 4.69) is 15.0 Å². The molecule has 31 heavy (non-hydrogen) atoms. The number of nitrogens with two attached hydrogens (primary N) is 1. The van der Waals surface area contributed by atoms with Crippen LogP contribution in [0.3, 0.4) is 0 Å². The summed E-state index contributed by atoms with van der Waals surface area (Å²) >= 11 is 0. The smallest absolute Gasteiger partial charge is 0.457 e. The van der Waals surface area contributed by atoms with Crippen LogP contribution in [0.5, 0.6) is 17.2 Å². The van der Waals surface area contributed by atoms with Gasteiger partial charge in [-0.3, -0.25) is 4.79 Å². The highest BCUT2D eigenvalue weighted by atomic mass is 19.4. The molecule has 0 atom stereocenters. The summed E-state index contributed by atoms with van der Waals surface area (Å²) in [5.74, 6) is -3.31. The lowest BCUT2D eigenvalue weighted by Crippen LogP contribution is -2.24. The number of nitrogen functional groups attached to an aromatic ring is 1. The molecular formula is C20H14F5N3O3. The molecule has 1 amide bonds. The van der Waals surface area contributed by atoms with Gasteiger partial charge in [0.05, 0.1) is 5.56 Å². The van der Waals surface area contributed by atoms with E-state index < -0.39 is 29.8 Å². The third-order valence-electron chi connectivity index (χ3n) is 3.83. The van der Waals surface area contributed by atoms with Crippen LogP contribution in [-0.2, 0) is 6.54 Å². The van der Waals surface area contributed by atoms with Gasteiger partial charge in [0, 0.05) is 24.7 Å². The standard InChI is InChI=1S/C20H14F5N3O3/c21-12-7-14(9-15(8-12)31-20(23,24)25)30-13-3-1-11(2-4-13)10-27-19(29)16-5-6-17(22)28-18(16)26/h1-9H,10H2,(H2,26,28)(H,27,29). The number of rotatable bonds is 6. The van der Waals surface area contributed by atoms with E-state index in [0.717, 1.165) is 18.2 Å². The predicted molar refractivity (Wildman–Crippen MR) is 99.4 cm³/mol. The van der Waals surface area contributed by atoms with Gasteiger partial charge in [-0.05, 0) is 29.8 Å². The van der Waals surface area contributed by atoms with Gasteiger partial charge in [0.2, 0.25) is 5.95 Å². The minimum atomic E-state index is -4.97. The Bertz CT molecular complexity index is 1090. The molecule has 1 heterocycles. The molecule has 1 aromatic heterocycles. The third-order valence-corrected chi connectivity index (χ3v) is 3.83. The molecule has 0 saturated carbocycles. The molecule has 0 bridgehead atoms. The Balaban J connectivity index is 1.62. The van der Waals surface area contributed by atoms with Gasteiger partial charge in [0.1, 0.15) is 28.9 Å². The number of aromatic nitrogens is 1. The number of benzene rings is 2. The van der Waals surface area contributed by atoms with Crippen molar-refractivity contribution >= 4 is 11.7 Å². The molecule has 0 spiro atoms. The van der Waals surface area contributed by atoms with Gasteiger partial charge in [0.25, 0.3) is 5.91 Å². The third kappa shape index (κ3) is 6.29. The second-order valence-electron chi connectivity index (χ2n) is 6.17. The minimum Gasteiger partial charge on any atom is -0.457 e. The molecule has 162 valence electrons. The molecule has 0 fully saturated rings. The molecule has 3 N–H and O–H groups in total. The summed E-state index contributed by atoms with van der Waals surface area (Å²) in [4.78, 5) is 15.5. The van der Waals surface area contributed by atoms with Gasteiger partial charge in [-0.2, -0.15) is 4.39 Å². The second kappa shape index (κ2) is 8.86. The number of ether oxygens (including phenoxy) is 2. The van der Waals surface area contributed by atoms with Gasteiger partial charge in [-0.25, -0.2) is 9.37 Å². The Labute approximate surface area is 172 Å². The first kappa shape index (κ1) is 21.8. The van der Waals surface area contributed by atoms with E-state index in [1.54, 1.807) is 12.1 Å². The molecule has 3 rings (SSSR count). The average Bonchev–Trinajstić information content (AvgIpc) is 2.65. The van der Waals surface area contributed by atoms with Crippen molar-refractivity contribution in [2.45, 2.75) is 12.9 Å². The second-order valence-corrected chi connectivity index (χ2v) is 6.17. The monoisotopic (exact) mass is 439 g/mol. The van der Waals surface area contributed by atoms with E-state index in [9.17, 15) is 26.7 Å². The van der Waals surface area contributed by atoms with Crippen molar-refractivity contribution in [2.24, 2.45) is 0 Å². The van der Waals surface area contributed by atoms with Crippen molar-refractivity contribution in [2.75, 3.05) is 5.73 Å². The van der Waals surface area contributed by atoms with E-state index in [4.69, 9.17) is 10.5 Å². The Morgan fingerprint density at radius 3 is 2.29 bits per heavy atom. The van der Waals surface area contributed by atoms with Crippen molar-refractivity contribution in [1.82, 2.24) is 10.3 Å². The number of alkyl halides is 3. The van der Waals surface area contributed by atoms with Gasteiger partial charge < -0.3 is 20.5 Å². The summed E-state index contributed by atoms with van der Waals surface area (Å²) in [6.45, 7) is 0.0967. The Morgan fingerprint density at radius 1 is 0.968 bits per heavy atom. The lowest BCUT2D eigenvalue weighted by Gasteiger charge is -2.12. The fraction of sp³-hybridized carbons (Fsp3) is 0.100. The van der Waals surface area contributed by atoms with Gasteiger partial charge >= 0.3 is 6.36 Å². The summed E-state index contributed by atoms with van der Waals surface area (Å²) in [5, 5.41) is 2.59. The van der Waals surface area contributed by atoms with Crippen LogP contribution in [0, 0.1) is 11.8 Å². The van der Waals surface area contributed by atoms with Crippen molar-refractivity contribution < 1.29 is 36.2 Å². The Morgan fingerprint density at radius 2 is 1.65 bits per heavy atom. The molecule has 6 nitrogen and oxygen atoms in total. The SMILES string of the molecule is Nc1nc(F)ccc1C(=O)NCc1ccc(Oc2cc(F)cc(OC(F)(F)F)c2)cc1. The first-order valence-electron chi connectivity index (χ1n) is 8.62. The van der Waals surface area contributed by atoms with Gasteiger partial charge in [-0.1, -0.05) is 12.1 Å². The Hall–Kier alpha value is -3.89. The largest absolute Gasteiger partial charge is 0.573 e. The highest BCUT2D eigenvalue weighted by Crippen LogP contribution is 2.30. The maximum atomic E-state index is 13.5. The molecule has 0 aliphatic heterocycles. The summed E-state index contributed by atoms with van der Waals surface area (Å²) in [7, 11) is 0. The normalized spacial score (nSPS) is 11.1. The number of nitrogens with zero attached hydrogens (tertiary/aromatic N) is 1. The van der Waals surface area contributed by atoms with E-state index >= 15 is 0 Å². The molecule has 2 aromatic carbocycles. The number of hydrogen-bond donors (Lipinski definition) is 2. The first-order valence-corrected chi connectivity index (χ1v) is 8.62. The highest BCUT2D eigenvalue weighted by Gasteiger charge is 2.31. The topological polar surface area (TPSA) is 86.5 Å². The molecule has 0 unspecified atom stereocenters. The molecule has 0 radical (unpaired) electrons. The van der Waals surface area contributed by atoms with Crippen LogP contribution in [0.15, 0.2) is 54.6 Å². The van der Waals surface area contributed by atoms with Crippen molar-refractivity contribution in [1.29, 1.82) is 0 Å². The maximum absolute atomic E-state index is 13.5. The average molecular weight is 439 g/mol. The number of halogens is 5. The number of pyridine rings is 1. The molecule has 11 heteroatoms. The molecule has 3 aromatic rings. The van der Waals surface area contributed by atoms with Crippen molar-refractivity contribution in [3.63, 3.8) is 0 Å². The summed E-state index contributed by atoms with van der Waals surface area (Å²) in [6.07, 6.45) is -4.97. The van der Waals surface area contributed by atoms with Crippen LogP contribution in [0.25, 0.3) is 0 Å². The maximum Gasteiger partial charge on any atom is 0.573 e.